The molecule has 0 aliphatic heterocycles. The summed E-state index contributed by atoms with van der Waals surface area (Å²) in [4.78, 5) is 10.9. The first-order valence-corrected chi connectivity index (χ1v) is 10.00. The lowest BCUT2D eigenvalue weighted by molar-refractivity contribution is -0.137. The maximum Gasteiger partial charge on any atom is 0.476 e. The number of methoxy groups -OCH3 is 1. The molecule has 0 spiro atoms. The highest BCUT2D eigenvalue weighted by atomic mass is 35.5. The number of aromatic nitrogens is 2. The summed E-state index contributed by atoms with van der Waals surface area (Å²) < 4.78 is 95.7. The molecule has 1 unspecified atom stereocenters. The van der Waals surface area contributed by atoms with Crippen LogP contribution in [0.1, 0.15) is 17.7 Å². The Labute approximate surface area is 188 Å². The van der Waals surface area contributed by atoms with Crippen LogP contribution in [0.15, 0.2) is 17.0 Å². The van der Waals surface area contributed by atoms with E-state index in [4.69, 9.17) is 23.2 Å². The molecule has 1 heterocycles. The van der Waals surface area contributed by atoms with Gasteiger partial charge in [0.15, 0.2) is 22.3 Å². The summed E-state index contributed by atoms with van der Waals surface area (Å²) in [5.74, 6) is -1.83. The largest absolute Gasteiger partial charge is 0.476 e. The standard InChI is InChI=1S/C16H10Cl2F6N4O3S/c1-31-3-2-11(29)26-14-13(32(30)16(22,23)24)10(6-25)27-28(14)12-8(17)4-7(5-9(12)18)15(19,20)21/h4-5H,2-3H2,1H3,(H,26,29). The van der Waals surface area contributed by atoms with Crippen molar-refractivity contribution in [1.29, 1.82) is 5.26 Å². The third kappa shape index (κ3) is 5.52. The normalized spacial score (nSPS) is 13.0. The fourth-order valence-corrected chi connectivity index (χ4v) is 3.81. The van der Waals surface area contributed by atoms with Gasteiger partial charge in [0.05, 0.1) is 28.6 Å². The molecular weight excluding hydrogens is 513 g/mol. The van der Waals surface area contributed by atoms with Crippen LogP contribution in [0, 0.1) is 11.3 Å². The zero-order valence-corrected chi connectivity index (χ0v) is 17.9. The van der Waals surface area contributed by atoms with E-state index in [0.717, 1.165) is 0 Å². The predicted octanol–water partition coefficient (Wildman–Crippen LogP) is 4.67. The van der Waals surface area contributed by atoms with Gasteiger partial charge in [0.25, 0.3) is 0 Å². The van der Waals surface area contributed by atoms with Gasteiger partial charge in [-0.05, 0) is 12.1 Å². The highest BCUT2D eigenvalue weighted by Crippen LogP contribution is 2.41. The Balaban J connectivity index is 2.81. The third-order valence-corrected chi connectivity index (χ3v) is 5.44. The lowest BCUT2D eigenvalue weighted by Gasteiger charge is -2.15. The van der Waals surface area contributed by atoms with Gasteiger partial charge in [0.2, 0.25) is 5.91 Å². The number of nitrogens with one attached hydrogen (secondary N) is 1. The van der Waals surface area contributed by atoms with E-state index in [9.17, 15) is 40.6 Å². The SMILES string of the molecule is COCCC(=O)Nc1c(S(=O)C(F)(F)F)c(C#N)nn1-c1c(Cl)cc(C(F)(F)F)cc1Cl. The van der Waals surface area contributed by atoms with E-state index in [1.54, 1.807) is 0 Å². The molecule has 16 heteroatoms. The summed E-state index contributed by atoms with van der Waals surface area (Å²) >= 11 is 11.8. The predicted molar refractivity (Wildman–Crippen MR) is 101 cm³/mol. The number of carbonyl (C=O) groups excluding carboxylic acids is 1. The highest BCUT2D eigenvalue weighted by Gasteiger charge is 2.43. The van der Waals surface area contributed by atoms with Gasteiger partial charge in [0, 0.05) is 7.11 Å². The minimum absolute atomic E-state index is 0.148. The van der Waals surface area contributed by atoms with Gasteiger partial charge in [-0.1, -0.05) is 23.2 Å². The second kappa shape index (κ2) is 9.65. The monoisotopic (exact) mass is 522 g/mol. The van der Waals surface area contributed by atoms with Crippen molar-refractivity contribution in [2.45, 2.75) is 23.0 Å². The van der Waals surface area contributed by atoms with Gasteiger partial charge in [-0.3, -0.25) is 4.79 Å². The van der Waals surface area contributed by atoms with Crippen molar-refractivity contribution in [2.24, 2.45) is 0 Å². The van der Waals surface area contributed by atoms with Gasteiger partial charge >= 0.3 is 11.7 Å². The average molecular weight is 523 g/mol. The van der Waals surface area contributed by atoms with Crippen molar-refractivity contribution in [3.63, 3.8) is 0 Å². The molecule has 1 amide bonds. The first kappa shape index (κ1) is 25.9. The van der Waals surface area contributed by atoms with Crippen LogP contribution in [0.5, 0.6) is 0 Å². The number of benzene rings is 1. The van der Waals surface area contributed by atoms with Crippen LogP contribution in [0.3, 0.4) is 0 Å². The van der Waals surface area contributed by atoms with Crippen LogP contribution in [-0.4, -0.2) is 39.1 Å². The molecule has 2 aromatic rings. The molecule has 0 aliphatic carbocycles. The quantitative estimate of drug-likeness (QED) is 0.556. The molecule has 0 saturated heterocycles. The van der Waals surface area contributed by atoms with Gasteiger partial charge < -0.3 is 10.1 Å². The Morgan fingerprint density at radius 2 is 1.81 bits per heavy atom. The van der Waals surface area contributed by atoms with Crippen LogP contribution in [-0.2, 0) is 26.5 Å². The molecule has 0 bridgehead atoms. The van der Waals surface area contributed by atoms with Gasteiger partial charge in [-0.25, -0.2) is 8.89 Å². The molecule has 32 heavy (non-hydrogen) atoms. The van der Waals surface area contributed by atoms with E-state index in [1.165, 1.54) is 13.2 Å². The summed E-state index contributed by atoms with van der Waals surface area (Å²) in [7, 11) is -2.60. The maximum atomic E-state index is 13.2. The van der Waals surface area contributed by atoms with Gasteiger partial charge in [0.1, 0.15) is 16.7 Å². The topological polar surface area (TPSA) is 97.0 Å². The Morgan fingerprint density at radius 3 is 2.25 bits per heavy atom. The van der Waals surface area contributed by atoms with E-state index in [2.05, 4.69) is 9.84 Å². The molecule has 0 fully saturated rings. The Morgan fingerprint density at radius 1 is 1.25 bits per heavy atom. The molecule has 1 aromatic carbocycles. The second-order valence-electron chi connectivity index (χ2n) is 5.84. The molecule has 1 atom stereocenters. The first-order chi connectivity index (χ1) is 14.7. The van der Waals surface area contributed by atoms with Crippen molar-refractivity contribution >= 4 is 45.7 Å². The number of hydrogen-bond donors (Lipinski definition) is 1. The number of nitrogens with zero attached hydrogens (tertiary/aromatic N) is 3. The minimum atomic E-state index is -5.36. The average Bonchev–Trinajstić information content (AvgIpc) is 3.01. The Kier molecular flexibility index (Phi) is 7.82. The molecule has 7 nitrogen and oxygen atoms in total. The van der Waals surface area contributed by atoms with Crippen LogP contribution in [0.4, 0.5) is 32.2 Å². The fraction of sp³-hybridized carbons (Fsp3) is 0.312. The zero-order valence-electron chi connectivity index (χ0n) is 15.6. The van der Waals surface area contributed by atoms with Crippen molar-refractivity contribution in [3.05, 3.63) is 33.4 Å². The highest BCUT2D eigenvalue weighted by molar-refractivity contribution is 7.86. The van der Waals surface area contributed by atoms with E-state index < -0.39 is 66.1 Å². The summed E-state index contributed by atoms with van der Waals surface area (Å²) in [6.07, 6.45) is -5.22. The van der Waals surface area contributed by atoms with Crippen molar-refractivity contribution in [3.8, 4) is 11.8 Å². The van der Waals surface area contributed by atoms with E-state index >= 15 is 0 Å². The molecular formula is C16H10Cl2F6N4O3S. The van der Waals surface area contributed by atoms with Crippen molar-refractivity contribution in [2.75, 3.05) is 19.0 Å². The smallest absolute Gasteiger partial charge is 0.384 e. The number of carbonyl (C=O) groups is 1. The number of anilines is 1. The van der Waals surface area contributed by atoms with Crippen molar-refractivity contribution < 1.29 is 40.1 Å². The number of nitriles is 1. The number of alkyl halides is 6. The maximum absolute atomic E-state index is 13.2. The molecule has 174 valence electrons. The molecule has 1 aromatic heterocycles. The molecule has 0 aliphatic rings. The Bertz CT molecular complexity index is 1090. The summed E-state index contributed by atoms with van der Waals surface area (Å²) in [5, 5.41) is 13.3. The first-order valence-electron chi connectivity index (χ1n) is 8.09. The zero-order chi connectivity index (χ0) is 24.4. The fourth-order valence-electron chi connectivity index (χ4n) is 2.36. The van der Waals surface area contributed by atoms with E-state index in [-0.39, 0.29) is 13.0 Å². The Hall–Kier alpha value is -2.34. The minimum Gasteiger partial charge on any atom is -0.384 e. The molecule has 1 N–H and O–H groups in total. The third-order valence-electron chi connectivity index (χ3n) is 3.69. The number of ether oxygens (including phenoxy) is 1. The van der Waals surface area contributed by atoms with E-state index in [1.807, 2.05) is 5.32 Å². The number of rotatable bonds is 6. The molecule has 0 saturated carbocycles. The number of amides is 1. The van der Waals surface area contributed by atoms with Crippen LogP contribution in [0.2, 0.25) is 10.0 Å². The summed E-state index contributed by atoms with van der Waals surface area (Å²) in [5.41, 5.74) is -8.23. The van der Waals surface area contributed by atoms with E-state index in [0.29, 0.717) is 16.8 Å². The number of hydrogen-bond acceptors (Lipinski definition) is 5. The van der Waals surface area contributed by atoms with Crippen LogP contribution >= 0.6 is 23.2 Å². The van der Waals surface area contributed by atoms with Crippen LogP contribution < -0.4 is 5.32 Å². The lowest BCUT2D eigenvalue weighted by atomic mass is 10.2. The summed E-state index contributed by atoms with van der Waals surface area (Å²) in [6, 6.07) is 2.15. The molecule has 0 radical (unpaired) electrons. The second-order valence-corrected chi connectivity index (χ2v) is 8.06. The lowest BCUT2D eigenvalue weighted by Crippen LogP contribution is -2.21. The van der Waals surface area contributed by atoms with Crippen LogP contribution in [0.25, 0.3) is 5.69 Å². The van der Waals surface area contributed by atoms with Crippen molar-refractivity contribution in [1.82, 2.24) is 9.78 Å². The number of halogens is 8. The molecule has 2 rings (SSSR count). The van der Waals surface area contributed by atoms with Gasteiger partial charge in [-0.2, -0.15) is 36.7 Å². The van der Waals surface area contributed by atoms with Gasteiger partial charge in [-0.15, -0.1) is 0 Å². The summed E-state index contributed by atoms with van der Waals surface area (Å²) in [6.45, 7) is -0.148.